The van der Waals surface area contributed by atoms with E-state index in [0.29, 0.717) is 6.61 Å². The van der Waals surface area contributed by atoms with Crippen molar-refractivity contribution in [3.05, 3.63) is 21.9 Å². The van der Waals surface area contributed by atoms with Crippen LogP contribution in [0.2, 0.25) is 0 Å². The quantitative estimate of drug-likeness (QED) is 0.875. The molecule has 2 atom stereocenters. The molecule has 2 unspecified atom stereocenters. The van der Waals surface area contributed by atoms with Crippen LogP contribution >= 0.6 is 11.3 Å². The molecule has 0 radical (unpaired) electrons. The Morgan fingerprint density at radius 3 is 2.38 bits per heavy atom. The summed E-state index contributed by atoms with van der Waals surface area (Å²) in [5, 5.41) is 0. The Kier molecular flexibility index (Phi) is 4.53. The van der Waals surface area contributed by atoms with Crippen molar-refractivity contribution < 1.29 is 4.74 Å². The van der Waals surface area contributed by atoms with Gasteiger partial charge >= 0.3 is 0 Å². The van der Waals surface area contributed by atoms with Crippen molar-refractivity contribution in [2.45, 2.75) is 46.8 Å². The first-order valence-corrected chi connectivity index (χ1v) is 6.61. The maximum absolute atomic E-state index is 6.31. The van der Waals surface area contributed by atoms with Gasteiger partial charge in [-0.3, -0.25) is 0 Å². The molecule has 2 N–H and O–H groups in total. The zero-order valence-corrected chi connectivity index (χ0v) is 11.7. The monoisotopic (exact) mass is 241 g/mol. The minimum atomic E-state index is -0.0290. The normalized spacial score (nSPS) is 16.1. The molecule has 0 fully saturated rings. The van der Waals surface area contributed by atoms with Crippen LogP contribution in [-0.2, 0) is 4.74 Å². The average Bonchev–Trinajstić information content (AvgIpc) is 2.58. The average molecular weight is 241 g/mol. The van der Waals surface area contributed by atoms with E-state index in [1.807, 2.05) is 6.92 Å². The third-order valence-corrected chi connectivity index (χ3v) is 3.72. The van der Waals surface area contributed by atoms with Crippen molar-refractivity contribution >= 4 is 11.3 Å². The van der Waals surface area contributed by atoms with Crippen molar-refractivity contribution in [1.82, 2.24) is 0 Å². The maximum Gasteiger partial charge on any atom is 0.0823 e. The van der Waals surface area contributed by atoms with E-state index in [9.17, 15) is 0 Å². The predicted molar refractivity (Wildman–Crippen MR) is 70.9 cm³/mol. The molecule has 1 heterocycles. The highest BCUT2D eigenvalue weighted by Crippen LogP contribution is 2.34. The van der Waals surface area contributed by atoms with Crippen molar-refractivity contribution in [3.63, 3.8) is 0 Å². The molecule has 0 bridgehead atoms. The van der Waals surface area contributed by atoms with Crippen LogP contribution in [-0.4, -0.2) is 12.7 Å². The van der Waals surface area contributed by atoms with Crippen LogP contribution in [0.4, 0.5) is 0 Å². The zero-order valence-electron chi connectivity index (χ0n) is 10.9. The molecule has 2 nitrogen and oxygen atoms in total. The summed E-state index contributed by atoms with van der Waals surface area (Å²) in [6, 6.07) is 4.20. The van der Waals surface area contributed by atoms with E-state index in [2.05, 4.69) is 39.8 Å². The van der Waals surface area contributed by atoms with E-state index in [1.165, 1.54) is 9.75 Å². The van der Waals surface area contributed by atoms with Gasteiger partial charge in [0.25, 0.3) is 0 Å². The summed E-state index contributed by atoms with van der Waals surface area (Å²) in [5.74, 6) is 0. The molecule has 92 valence electrons. The van der Waals surface area contributed by atoms with E-state index >= 15 is 0 Å². The van der Waals surface area contributed by atoms with Crippen LogP contribution in [0.5, 0.6) is 0 Å². The van der Waals surface area contributed by atoms with Gasteiger partial charge in [0.15, 0.2) is 0 Å². The molecule has 3 heteroatoms. The first-order chi connectivity index (χ1) is 7.36. The Morgan fingerprint density at radius 2 is 2.00 bits per heavy atom. The minimum Gasteiger partial charge on any atom is -0.376 e. The summed E-state index contributed by atoms with van der Waals surface area (Å²) in [5.41, 5.74) is 6.37. The summed E-state index contributed by atoms with van der Waals surface area (Å²) in [6.07, 6.45) is 0.0653. The summed E-state index contributed by atoms with van der Waals surface area (Å²) < 4.78 is 5.81. The standard InChI is InChI=1S/C13H23NOS/c1-6-15-12(13(3,4)5)11(14)10-8-7-9(2)16-10/h7-8,11-12H,6,14H2,1-5H3. The number of nitrogens with two attached hydrogens (primary N) is 1. The second-order valence-corrected chi connectivity index (χ2v) is 6.54. The molecule has 0 saturated heterocycles. The number of hydrogen-bond acceptors (Lipinski definition) is 3. The smallest absolute Gasteiger partial charge is 0.0823 e. The lowest BCUT2D eigenvalue weighted by molar-refractivity contribution is -0.0276. The number of aryl methyl sites for hydroxylation is 1. The Morgan fingerprint density at radius 1 is 1.38 bits per heavy atom. The Balaban J connectivity index is 2.86. The fourth-order valence-electron chi connectivity index (χ4n) is 1.85. The van der Waals surface area contributed by atoms with E-state index in [1.54, 1.807) is 11.3 Å². The Hall–Kier alpha value is -0.380. The zero-order chi connectivity index (χ0) is 12.3. The lowest BCUT2D eigenvalue weighted by Gasteiger charge is -2.34. The molecule has 0 amide bonds. The van der Waals surface area contributed by atoms with E-state index in [-0.39, 0.29) is 17.6 Å². The van der Waals surface area contributed by atoms with Crippen LogP contribution in [0, 0.1) is 12.3 Å². The third-order valence-electron chi connectivity index (χ3n) is 2.62. The third kappa shape index (κ3) is 3.30. The van der Waals surface area contributed by atoms with E-state index in [4.69, 9.17) is 10.5 Å². The second-order valence-electron chi connectivity index (χ2n) is 5.22. The lowest BCUT2D eigenvalue weighted by atomic mass is 9.84. The maximum atomic E-state index is 6.31. The molecule has 0 aliphatic heterocycles. The number of ether oxygens (including phenoxy) is 1. The van der Waals surface area contributed by atoms with Crippen molar-refractivity contribution in [3.8, 4) is 0 Å². The van der Waals surface area contributed by atoms with Crippen LogP contribution in [0.15, 0.2) is 12.1 Å². The minimum absolute atomic E-state index is 0.0290. The number of rotatable bonds is 4. The Bertz CT molecular complexity index is 327. The highest BCUT2D eigenvalue weighted by molar-refractivity contribution is 7.12. The first-order valence-electron chi connectivity index (χ1n) is 5.79. The highest BCUT2D eigenvalue weighted by Gasteiger charge is 2.32. The van der Waals surface area contributed by atoms with Gasteiger partial charge in [0.1, 0.15) is 0 Å². The van der Waals surface area contributed by atoms with Crippen LogP contribution < -0.4 is 5.73 Å². The first kappa shape index (κ1) is 13.7. The van der Waals surface area contributed by atoms with Crippen molar-refractivity contribution in [2.75, 3.05) is 6.61 Å². The topological polar surface area (TPSA) is 35.2 Å². The largest absolute Gasteiger partial charge is 0.376 e. The van der Waals surface area contributed by atoms with Gasteiger partial charge in [-0.05, 0) is 31.4 Å². The highest BCUT2D eigenvalue weighted by atomic mass is 32.1. The SMILES string of the molecule is CCOC(C(N)c1ccc(C)s1)C(C)(C)C. The van der Waals surface area contributed by atoms with Gasteiger partial charge in [-0.2, -0.15) is 0 Å². The van der Waals surface area contributed by atoms with Gasteiger partial charge in [0.2, 0.25) is 0 Å². The van der Waals surface area contributed by atoms with Gasteiger partial charge in [-0.1, -0.05) is 20.8 Å². The molecule has 0 aliphatic carbocycles. The van der Waals surface area contributed by atoms with E-state index in [0.717, 1.165) is 0 Å². The molecule has 0 saturated carbocycles. The van der Waals surface area contributed by atoms with Crippen molar-refractivity contribution in [1.29, 1.82) is 0 Å². The summed E-state index contributed by atoms with van der Waals surface area (Å²) in [6.45, 7) is 11.4. The molecule has 1 aromatic heterocycles. The second kappa shape index (κ2) is 5.30. The summed E-state index contributed by atoms with van der Waals surface area (Å²) in [7, 11) is 0. The Labute approximate surface area is 103 Å². The molecule has 1 rings (SSSR count). The van der Waals surface area contributed by atoms with Crippen LogP contribution in [0.3, 0.4) is 0 Å². The molecule has 16 heavy (non-hydrogen) atoms. The fourth-order valence-corrected chi connectivity index (χ4v) is 2.76. The summed E-state index contributed by atoms with van der Waals surface area (Å²) in [4.78, 5) is 2.51. The molecular formula is C13H23NOS. The number of hydrogen-bond donors (Lipinski definition) is 1. The molecule has 0 aromatic carbocycles. The summed E-state index contributed by atoms with van der Waals surface area (Å²) >= 11 is 1.76. The molecular weight excluding hydrogens is 218 g/mol. The van der Waals surface area contributed by atoms with E-state index < -0.39 is 0 Å². The molecule has 0 aliphatic rings. The van der Waals surface area contributed by atoms with Gasteiger partial charge < -0.3 is 10.5 Å². The van der Waals surface area contributed by atoms with Gasteiger partial charge in [-0.25, -0.2) is 0 Å². The van der Waals surface area contributed by atoms with Crippen LogP contribution in [0.1, 0.15) is 43.5 Å². The van der Waals surface area contributed by atoms with Gasteiger partial charge in [0, 0.05) is 16.4 Å². The van der Waals surface area contributed by atoms with Crippen LogP contribution in [0.25, 0.3) is 0 Å². The van der Waals surface area contributed by atoms with Gasteiger partial charge in [0.05, 0.1) is 12.1 Å². The predicted octanol–water partition coefficient (Wildman–Crippen LogP) is 3.51. The number of thiophene rings is 1. The van der Waals surface area contributed by atoms with Gasteiger partial charge in [-0.15, -0.1) is 11.3 Å². The molecule has 0 spiro atoms. The van der Waals surface area contributed by atoms with Crippen molar-refractivity contribution in [2.24, 2.45) is 11.1 Å². The molecule has 1 aromatic rings. The lowest BCUT2D eigenvalue weighted by Crippen LogP contribution is -2.39. The fraction of sp³-hybridized carbons (Fsp3) is 0.692.